The SMILES string of the molecule is Cc1ccc2c(c1)SC(c1ccc(C3=NC4(CC4)C(=O)N3CC3CN(C(=O)C4CC4)C3)c(F)c1)N2. The van der Waals surface area contributed by atoms with Crippen LogP contribution in [-0.4, -0.2) is 52.6 Å². The van der Waals surface area contributed by atoms with E-state index in [1.807, 2.05) is 11.0 Å². The van der Waals surface area contributed by atoms with Gasteiger partial charge in [-0.2, -0.15) is 0 Å². The van der Waals surface area contributed by atoms with Gasteiger partial charge in [0, 0.05) is 42.1 Å². The molecule has 0 aromatic heterocycles. The number of rotatable bonds is 5. The Bertz CT molecular complexity index is 1300. The molecule has 3 heterocycles. The number of amides is 2. The minimum Gasteiger partial charge on any atom is -0.368 e. The lowest BCUT2D eigenvalue weighted by molar-refractivity contribution is -0.139. The number of fused-ring (bicyclic) bond motifs is 1. The zero-order valence-electron chi connectivity index (χ0n) is 19.6. The second-order valence-electron chi connectivity index (χ2n) is 10.6. The molecule has 0 radical (unpaired) electrons. The van der Waals surface area contributed by atoms with Crippen LogP contribution >= 0.6 is 11.8 Å². The van der Waals surface area contributed by atoms with Crippen molar-refractivity contribution in [3.63, 3.8) is 0 Å². The fourth-order valence-electron chi connectivity index (χ4n) is 5.36. The molecule has 0 bridgehead atoms. The highest BCUT2D eigenvalue weighted by molar-refractivity contribution is 8.00. The van der Waals surface area contributed by atoms with Crippen LogP contribution in [0.2, 0.25) is 0 Å². The fourth-order valence-corrected chi connectivity index (χ4v) is 6.59. The van der Waals surface area contributed by atoms with E-state index in [4.69, 9.17) is 4.99 Å². The number of hydrogen-bond donors (Lipinski definition) is 1. The molecule has 8 heteroatoms. The molecular weight excluding hydrogens is 463 g/mol. The van der Waals surface area contributed by atoms with Crippen molar-refractivity contribution in [3.8, 4) is 0 Å². The van der Waals surface area contributed by atoms with Gasteiger partial charge in [0.1, 0.15) is 22.6 Å². The van der Waals surface area contributed by atoms with Gasteiger partial charge in [0.15, 0.2) is 0 Å². The van der Waals surface area contributed by atoms with E-state index < -0.39 is 5.54 Å². The molecule has 1 unspecified atom stereocenters. The maximum atomic E-state index is 15.5. The van der Waals surface area contributed by atoms with Crippen LogP contribution in [0.1, 0.15) is 47.7 Å². The summed E-state index contributed by atoms with van der Waals surface area (Å²) < 4.78 is 15.5. The van der Waals surface area contributed by atoms with Gasteiger partial charge in [0.25, 0.3) is 5.91 Å². The normalized spacial score (nSPS) is 24.3. The first kappa shape index (κ1) is 21.4. The number of nitrogens with one attached hydrogen (secondary N) is 1. The Morgan fingerprint density at radius 1 is 1.20 bits per heavy atom. The molecule has 2 saturated carbocycles. The minimum absolute atomic E-state index is 0.0122. The Morgan fingerprint density at radius 2 is 2.00 bits per heavy atom. The van der Waals surface area contributed by atoms with Gasteiger partial charge in [-0.05, 0) is 68.0 Å². The lowest BCUT2D eigenvalue weighted by Crippen LogP contribution is -2.55. The minimum atomic E-state index is -0.684. The fraction of sp³-hybridized carbons (Fsp3) is 0.444. The molecule has 180 valence electrons. The van der Waals surface area contributed by atoms with Crippen molar-refractivity contribution in [3.05, 3.63) is 58.9 Å². The van der Waals surface area contributed by atoms with Crippen LogP contribution in [0.15, 0.2) is 46.3 Å². The summed E-state index contributed by atoms with van der Waals surface area (Å²) in [5.41, 5.74) is 2.82. The summed E-state index contributed by atoms with van der Waals surface area (Å²) in [6.45, 7) is 3.90. The van der Waals surface area contributed by atoms with E-state index in [0.717, 1.165) is 36.9 Å². The van der Waals surface area contributed by atoms with Crippen LogP contribution in [0.25, 0.3) is 0 Å². The maximum absolute atomic E-state index is 15.5. The number of aliphatic imine (C=N–C) groups is 1. The Morgan fingerprint density at radius 3 is 2.71 bits per heavy atom. The molecule has 2 amide bonds. The molecule has 1 N–H and O–H groups in total. The van der Waals surface area contributed by atoms with Gasteiger partial charge in [-0.1, -0.05) is 23.9 Å². The number of likely N-dealkylation sites (tertiary alicyclic amines) is 1. The predicted octanol–water partition coefficient (Wildman–Crippen LogP) is 4.34. The molecule has 35 heavy (non-hydrogen) atoms. The molecule has 2 aliphatic carbocycles. The van der Waals surface area contributed by atoms with E-state index in [1.54, 1.807) is 28.8 Å². The third-order valence-corrected chi connectivity index (χ3v) is 9.00. The number of thioether (sulfide) groups is 1. The number of carbonyl (C=O) groups excluding carboxylic acids is 2. The van der Waals surface area contributed by atoms with Crippen LogP contribution in [0.4, 0.5) is 10.1 Å². The third kappa shape index (κ3) is 3.56. The smallest absolute Gasteiger partial charge is 0.256 e. The molecule has 3 aliphatic heterocycles. The molecule has 5 aliphatic rings. The first-order valence-corrected chi connectivity index (χ1v) is 13.3. The molecule has 3 fully saturated rings. The number of hydrogen-bond acceptors (Lipinski definition) is 5. The first-order valence-electron chi connectivity index (χ1n) is 12.4. The van der Waals surface area contributed by atoms with E-state index in [1.165, 1.54) is 10.5 Å². The molecular formula is C27H27FN4O2S. The number of nitrogens with zero attached hydrogens (tertiary/aromatic N) is 3. The van der Waals surface area contributed by atoms with Gasteiger partial charge >= 0.3 is 0 Å². The number of halogens is 1. The largest absolute Gasteiger partial charge is 0.368 e. The first-order chi connectivity index (χ1) is 16.9. The van der Waals surface area contributed by atoms with Gasteiger partial charge in [-0.25, -0.2) is 4.39 Å². The summed E-state index contributed by atoms with van der Waals surface area (Å²) >= 11 is 1.68. The lowest BCUT2D eigenvalue weighted by atomic mass is 9.98. The zero-order valence-corrected chi connectivity index (χ0v) is 20.4. The van der Waals surface area contributed by atoms with E-state index in [-0.39, 0.29) is 34.8 Å². The molecule has 2 aromatic rings. The van der Waals surface area contributed by atoms with Gasteiger partial charge in [-0.15, -0.1) is 0 Å². The van der Waals surface area contributed by atoms with Crippen molar-refractivity contribution in [2.24, 2.45) is 16.8 Å². The van der Waals surface area contributed by atoms with Crippen LogP contribution in [0, 0.1) is 24.6 Å². The number of aryl methyl sites for hydroxylation is 1. The summed E-state index contributed by atoms with van der Waals surface area (Å²) in [4.78, 5) is 35.0. The zero-order chi connectivity index (χ0) is 23.9. The van der Waals surface area contributed by atoms with Gasteiger partial charge in [0.2, 0.25) is 5.91 Å². The number of benzene rings is 2. The Kier molecular flexibility index (Phi) is 4.63. The van der Waals surface area contributed by atoms with Crippen LogP contribution < -0.4 is 5.32 Å². The summed E-state index contributed by atoms with van der Waals surface area (Å²) in [7, 11) is 0. The van der Waals surface area contributed by atoms with Crippen molar-refractivity contribution >= 4 is 35.1 Å². The summed E-state index contributed by atoms with van der Waals surface area (Å²) in [6.07, 6.45) is 3.45. The Labute approximate surface area is 208 Å². The van der Waals surface area contributed by atoms with Crippen LogP contribution in [-0.2, 0) is 9.59 Å². The summed E-state index contributed by atoms with van der Waals surface area (Å²) in [5, 5.41) is 3.41. The van der Waals surface area contributed by atoms with E-state index in [0.29, 0.717) is 31.0 Å². The maximum Gasteiger partial charge on any atom is 0.256 e. The van der Waals surface area contributed by atoms with Crippen molar-refractivity contribution in [2.45, 2.75) is 48.4 Å². The second kappa shape index (κ2) is 7.56. The van der Waals surface area contributed by atoms with Crippen molar-refractivity contribution < 1.29 is 14.0 Å². The molecule has 1 atom stereocenters. The van der Waals surface area contributed by atoms with Crippen molar-refractivity contribution in [1.29, 1.82) is 0 Å². The average Bonchev–Trinajstić information content (AvgIpc) is 3.73. The standard InChI is InChI=1S/C27H27FN4O2S/c1-15-2-7-21-22(10-15)35-24(29-21)18-5-6-19(20(28)11-18)23-30-27(8-9-27)26(34)32(23)14-16-12-31(13-16)25(33)17-3-4-17/h2,5-7,10-11,16-17,24,29H,3-4,8-9,12-14H2,1H3. The Hall–Kier alpha value is -2.87. The van der Waals surface area contributed by atoms with Crippen LogP contribution in [0.5, 0.6) is 0 Å². The second-order valence-corrected chi connectivity index (χ2v) is 11.8. The molecule has 7 rings (SSSR count). The number of amidine groups is 1. The van der Waals surface area contributed by atoms with E-state index in [2.05, 4.69) is 30.4 Å². The van der Waals surface area contributed by atoms with E-state index in [9.17, 15) is 9.59 Å². The molecule has 6 nitrogen and oxygen atoms in total. The lowest BCUT2D eigenvalue weighted by Gasteiger charge is -2.41. The molecule has 2 aromatic carbocycles. The topological polar surface area (TPSA) is 65.0 Å². The van der Waals surface area contributed by atoms with Gasteiger partial charge < -0.3 is 10.2 Å². The van der Waals surface area contributed by atoms with E-state index >= 15 is 4.39 Å². The number of carbonyl (C=O) groups is 2. The molecule has 1 saturated heterocycles. The van der Waals surface area contributed by atoms with Crippen molar-refractivity contribution in [2.75, 3.05) is 25.0 Å². The highest BCUT2D eigenvalue weighted by atomic mass is 32.2. The monoisotopic (exact) mass is 490 g/mol. The van der Waals surface area contributed by atoms with Crippen LogP contribution in [0.3, 0.4) is 0 Å². The van der Waals surface area contributed by atoms with Crippen molar-refractivity contribution in [1.82, 2.24) is 9.80 Å². The quantitative estimate of drug-likeness (QED) is 0.677. The number of anilines is 1. The van der Waals surface area contributed by atoms with Gasteiger partial charge in [-0.3, -0.25) is 19.5 Å². The summed E-state index contributed by atoms with van der Waals surface area (Å²) in [5.74, 6) is 0.762. The highest BCUT2D eigenvalue weighted by Gasteiger charge is 2.58. The Balaban J connectivity index is 1.10. The molecule has 1 spiro atoms. The third-order valence-electron chi connectivity index (χ3n) is 7.78. The predicted molar refractivity (Wildman–Crippen MR) is 133 cm³/mol. The highest BCUT2D eigenvalue weighted by Crippen LogP contribution is 2.48. The van der Waals surface area contributed by atoms with Gasteiger partial charge in [0.05, 0.1) is 5.56 Å². The average molecular weight is 491 g/mol. The summed E-state index contributed by atoms with van der Waals surface area (Å²) in [6, 6.07) is 11.5.